The number of hydrogen-bond donors (Lipinski definition) is 6. The van der Waals surface area contributed by atoms with Crippen LogP contribution in [0.3, 0.4) is 0 Å². The third-order valence-corrected chi connectivity index (χ3v) is 6.44. The van der Waals surface area contributed by atoms with E-state index in [1.54, 1.807) is 30.5 Å². The molecule has 0 aliphatic carbocycles. The van der Waals surface area contributed by atoms with Crippen LogP contribution in [0.2, 0.25) is 0 Å². The van der Waals surface area contributed by atoms with Gasteiger partial charge in [0.15, 0.2) is 6.10 Å². The second kappa shape index (κ2) is 13.7. The first kappa shape index (κ1) is 30.3. The van der Waals surface area contributed by atoms with Gasteiger partial charge in [-0.15, -0.1) is 0 Å². The van der Waals surface area contributed by atoms with Gasteiger partial charge in [-0.3, -0.25) is 24.0 Å². The fourth-order valence-electron chi connectivity index (χ4n) is 3.38. The molecule has 1 aliphatic rings. The number of primary amides is 1. The maximum Gasteiger partial charge on any atom is 0.306 e. The van der Waals surface area contributed by atoms with Crippen molar-refractivity contribution in [1.29, 1.82) is 0 Å². The van der Waals surface area contributed by atoms with Gasteiger partial charge in [0.2, 0.25) is 23.7 Å². The van der Waals surface area contributed by atoms with E-state index in [-0.39, 0.29) is 13.0 Å². The molecule has 2 aromatic rings. The van der Waals surface area contributed by atoms with Crippen LogP contribution in [-0.4, -0.2) is 65.3 Å². The van der Waals surface area contributed by atoms with E-state index < -0.39 is 41.1 Å². The summed E-state index contributed by atoms with van der Waals surface area (Å²) < 4.78 is 5.51. The summed E-state index contributed by atoms with van der Waals surface area (Å²) >= 11 is 3.40. The van der Waals surface area contributed by atoms with Crippen molar-refractivity contribution in [2.75, 3.05) is 35.6 Å². The third-order valence-electron chi connectivity index (χ3n) is 5.86. The van der Waals surface area contributed by atoms with Gasteiger partial charge < -0.3 is 37.1 Å². The molecule has 0 unspecified atom stereocenters. The van der Waals surface area contributed by atoms with Gasteiger partial charge in [0, 0.05) is 43.5 Å². The molecule has 2 heterocycles. The van der Waals surface area contributed by atoms with Gasteiger partial charge in [0.05, 0.1) is 11.0 Å². The third kappa shape index (κ3) is 8.62. The Balaban J connectivity index is 1.47. The zero-order chi connectivity index (χ0) is 29.3. The Morgan fingerprint density at radius 3 is 2.60 bits per heavy atom. The number of nitrogens with two attached hydrogens (primary N) is 1. The topological polar surface area (TPSA) is 207 Å². The van der Waals surface area contributed by atoms with Crippen molar-refractivity contribution < 1.29 is 28.7 Å². The molecular weight excluding hydrogens is 588 g/mol. The molecule has 7 N–H and O–H groups in total. The van der Waals surface area contributed by atoms with Crippen molar-refractivity contribution in [2.45, 2.75) is 39.2 Å². The number of nitrogens with zero attached hydrogens (tertiary/aromatic N) is 2. The predicted molar refractivity (Wildman–Crippen MR) is 149 cm³/mol. The number of carbonyl (C=O) groups is 5. The number of cyclic esters (lactones) is 1. The minimum atomic E-state index is -1.28. The van der Waals surface area contributed by atoms with Crippen LogP contribution in [0.15, 0.2) is 34.9 Å². The van der Waals surface area contributed by atoms with E-state index in [2.05, 4.69) is 52.5 Å². The van der Waals surface area contributed by atoms with Crippen LogP contribution in [0.4, 0.5) is 23.1 Å². The summed E-state index contributed by atoms with van der Waals surface area (Å²) in [6.45, 7) is 3.48. The summed E-state index contributed by atoms with van der Waals surface area (Å²) in [4.78, 5) is 67.6. The summed E-state index contributed by atoms with van der Waals surface area (Å²) in [6.07, 6.45) is 1.75. The molecule has 1 aromatic carbocycles. The highest BCUT2D eigenvalue weighted by atomic mass is 79.9. The van der Waals surface area contributed by atoms with Crippen molar-refractivity contribution in [2.24, 2.45) is 11.1 Å². The first-order valence-electron chi connectivity index (χ1n) is 12.4. The van der Waals surface area contributed by atoms with Gasteiger partial charge in [-0.2, -0.15) is 4.98 Å². The standard InChI is InChI=1S/C25H31BrN8O6/c1-25(2,22(27)38)23(39)29-10-4-9-28-20-16(26)12-31-24(34-20)33-15-6-3-5-14(11-15)32-18(35)13-30-21(37)17-7-8-19(36)40-17/h3,5-6,11-12,17H,4,7-10,13H2,1-2H3,(H2,27,38)(H,29,39)(H,30,37)(H,32,35)(H2,28,31,33,34)/t17-/m0/s1. The Bertz CT molecular complexity index is 1290. The average molecular weight is 619 g/mol. The van der Waals surface area contributed by atoms with Crippen LogP contribution in [0.1, 0.15) is 33.1 Å². The molecular formula is C25H31BrN8O6. The molecule has 0 bridgehead atoms. The van der Waals surface area contributed by atoms with E-state index in [0.717, 1.165) is 0 Å². The number of hydrogen-bond acceptors (Lipinski definition) is 10. The molecule has 1 aromatic heterocycles. The number of ether oxygens (including phenoxy) is 1. The molecule has 1 atom stereocenters. The molecule has 0 radical (unpaired) electrons. The van der Waals surface area contributed by atoms with Crippen molar-refractivity contribution in [3.8, 4) is 0 Å². The summed E-state index contributed by atoms with van der Waals surface area (Å²) in [7, 11) is 0. The molecule has 1 fully saturated rings. The summed E-state index contributed by atoms with van der Waals surface area (Å²) in [6, 6.07) is 6.84. The highest BCUT2D eigenvalue weighted by Crippen LogP contribution is 2.23. The van der Waals surface area contributed by atoms with Crippen molar-refractivity contribution in [3.05, 3.63) is 34.9 Å². The first-order valence-corrected chi connectivity index (χ1v) is 13.2. The Morgan fingerprint density at radius 2 is 1.90 bits per heavy atom. The maximum atomic E-state index is 12.3. The lowest BCUT2D eigenvalue weighted by Crippen LogP contribution is -2.46. The number of aromatic nitrogens is 2. The molecule has 14 nitrogen and oxygen atoms in total. The van der Waals surface area contributed by atoms with Gasteiger partial charge in [-0.05, 0) is 54.4 Å². The first-order chi connectivity index (χ1) is 19.0. The smallest absolute Gasteiger partial charge is 0.306 e. The van der Waals surface area contributed by atoms with Gasteiger partial charge in [0.25, 0.3) is 5.91 Å². The molecule has 214 valence electrons. The summed E-state index contributed by atoms with van der Waals surface area (Å²) in [5, 5.41) is 14.1. The van der Waals surface area contributed by atoms with E-state index in [9.17, 15) is 24.0 Å². The number of nitrogens with one attached hydrogen (secondary N) is 5. The minimum absolute atomic E-state index is 0.182. The normalized spacial score (nSPS) is 14.6. The van der Waals surface area contributed by atoms with Crippen molar-refractivity contribution >= 4 is 68.7 Å². The van der Waals surface area contributed by atoms with E-state index in [1.165, 1.54) is 13.8 Å². The second-order valence-corrected chi connectivity index (χ2v) is 10.3. The Morgan fingerprint density at radius 1 is 1.15 bits per heavy atom. The monoisotopic (exact) mass is 618 g/mol. The lowest BCUT2D eigenvalue weighted by Gasteiger charge is -2.19. The summed E-state index contributed by atoms with van der Waals surface area (Å²) in [5.41, 5.74) is 5.06. The number of benzene rings is 1. The second-order valence-electron chi connectivity index (χ2n) is 9.40. The number of halogens is 1. The van der Waals surface area contributed by atoms with Crippen LogP contribution < -0.4 is 32.3 Å². The number of amides is 4. The van der Waals surface area contributed by atoms with E-state index in [4.69, 9.17) is 10.5 Å². The van der Waals surface area contributed by atoms with Crippen molar-refractivity contribution in [3.63, 3.8) is 0 Å². The molecule has 0 saturated carbocycles. The van der Waals surface area contributed by atoms with E-state index in [0.29, 0.717) is 53.5 Å². The molecule has 40 heavy (non-hydrogen) atoms. The number of carbonyl (C=O) groups excluding carboxylic acids is 5. The average Bonchev–Trinajstić information content (AvgIpc) is 3.35. The van der Waals surface area contributed by atoms with Crippen LogP contribution in [0.25, 0.3) is 0 Å². The van der Waals surface area contributed by atoms with Gasteiger partial charge in [0.1, 0.15) is 11.2 Å². The minimum Gasteiger partial charge on any atom is -0.452 e. The highest BCUT2D eigenvalue weighted by molar-refractivity contribution is 9.10. The molecule has 1 aliphatic heterocycles. The maximum absolute atomic E-state index is 12.3. The van der Waals surface area contributed by atoms with Gasteiger partial charge in [-0.25, -0.2) is 4.98 Å². The molecule has 1 saturated heterocycles. The Labute approximate surface area is 238 Å². The number of esters is 1. The van der Waals surface area contributed by atoms with Crippen LogP contribution >= 0.6 is 15.9 Å². The lowest BCUT2D eigenvalue weighted by atomic mass is 9.91. The Hall–Kier alpha value is -4.27. The number of rotatable bonds is 13. The predicted octanol–water partition coefficient (Wildman–Crippen LogP) is 1.17. The largest absolute Gasteiger partial charge is 0.452 e. The fourth-order valence-corrected chi connectivity index (χ4v) is 3.71. The van der Waals surface area contributed by atoms with Crippen molar-refractivity contribution in [1.82, 2.24) is 20.6 Å². The highest BCUT2D eigenvalue weighted by Gasteiger charge is 2.33. The molecule has 4 amide bonds. The molecule has 0 spiro atoms. The van der Waals surface area contributed by atoms with Crippen LogP contribution in [0, 0.1) is 5.41 Å². The van der Waals surface area contributed by atoms with Gasteiger partial charge >= 0.3 is 5.97 Å². The van der Waals surface area contributed by atoms with Crippen LogP contribution in [-0.2, 0) is 28.7 Å². The van der Waals surface area contributed by atoms with Crippen LogP contribution in [0.5, 0.6) is 0 Å². The van der Waals surface area contributed by atoms with E-state index in [1.807, 2.05) is 0 Å². The van der Waals surface area contributed by atoms with E-state index >= 15 is 0 Å². The SMILES string of the molecule is CC(C)(C(N)=O)C(=O)NCCCNc1nc(Nc2cccc(NC(=O)CNC(=O)[C@@H]3CCC(=O)O3)c2)ncc1Br. The fraction of sp³-hybridized carbons (Fsp3) is 0.400. The number of anilines is 4. The molecule has 3 rings (SSSR count). The summed E-state index contributed by atoms with van der Waals surface area (Å²) in [5.74, 6) is -1.70. The zero-order valence-corrected chi connectivity index (χ0v) is 23.6. The Kier molecular flexibility index (Phi) is 10.4. The lowest BCUT2D eigenvalue weighted by molar-refractivity contribution is -0.148. The zero-order valence-electron chi connectivity index (χ0n) is 22.0. The van der Waals surface area contributed by atoms with Gasteiger partial charge in [-0.1, -0.05) is 6.07 Å². The molecule has 15 heteroatoms. The quantitative estimate of drug-likeness (QED) is 0.107.